The number of nitrogens with zero attached hydrogens (tertiary/aromatic N) is 2. The molecule has 116 valence electrons. The molecule has 0 fully saturated rings. The van der Waals surface area contributed by atoms with Crippen LogP contribution in [0.15, 0.2) is 70.9 Å². The van der Waals surface area contributed by atoms with Gasteiger partial charge in [-0.05, 0) is 24.3 Å². The van der Waals surface area contributed by atoms with E-state index in [-0.39, 0.29) is 32.9 Å². The van der Waals surface area contributed by atoms with Gasteiger partial charge in [0.1, 0.15) is 0 Å². The topological polar surface area (TPSA) is 214 Å². The molecule has 2 aromatic carbocycles. The molecule has 2 rings (SSSR count). The van der Waals surface area contributed by atoms with Crippen LogP contribution in [0, 0.1) is 0 Å². The molecule has 0 atom stereocenters. The third-order valence-electron chi connectivity index (χ3n) is 1.79. The van der Waals surface area contributed by atoms with Crippen molar-refractivity contribution in [2.75, 3.05) is 0 Å². The minimum Gasteiger partial charge on any atom is -0.412 e. The van der Waals surface area contributed by atoms with Crippen LogP contribution in [0.3, 0.4) is 0 Å². The molecule has 12 N–H and O–H groups in total. The third kappa shape index (κ3) is 9.79. The third-order valence-corrected chi connectivity index (χ3v) is 1.79. The summed E-state index contributed by atoms with van der Waals surface area (Å²) >= 11 is 0. The fraction of sp³-hybridized carbons (Fsp3) is 0. The highest BCUT2D eigenvalue weighted by molar-refractivity contribution is 5.39. The molecule has 0 unspecified atom stereocenters. The van der Waals surface area contributed by atoms with Crippen LogP contribution in [-0.2, 0) is 0 Å². The zero-order chi connectivity index (χ0) is 9.64. The molecule has 0 aromatic heterocycles. The smallest absolute Gasteiger partial charge is 0.0857 e. The van der Waals surface area contributed by atoms with Crippen molar-refractivity contribution in [2.45, 2.75) is 0 Å². The Morgan fingerprint density at radius 3 is 0.900 bits per heavy atom. The summed E-state index contributed by atoms with van der Waals surface area (Å²) in [5.41, 5.74) is 1.74. The van der Waals surface area contributed by atoms with Crippen molar-refractivity contribution in [3.8, 4) is 0 Å². The molecule has 0 saturated heterocycles. The summed E-state index contributed by atoms with van der Waals surface area (Å²) in [6, 6.07) is 19.4. The average molecular weight is 290 g/mol. The van der Waals surface area contributed by atoms with Crippen LogP contribution in [0.4, 0.5) is 11.4 Å². The molecular formula is C12H22N2O6. The Morgan fingerprint density at radius 1 is 0.400 bits per heavy atom. The Morgan fingerprint density at radius 2 is 0.650 bits per heavy atom. The number of benzene rings is 2. The van der Waals surface area contributed by atoms with Gasteiger partial charge >= 0.3 is 0 Å². The standard InChI is InChI=1S/C12H10N2.6H2O/c1-3-7-11(8-4-1)13-14-12-9-5-2-6-10-12;;;;;;/h1-10H;6*1H2. The van der Waals surface area contributed by atoms with Gasteiger partial charge in [-0.25, -0.2) is 0 Å². The second kappa shape index (κ2) is 16.8. The van der Waals surface area contributed by atoms with Crippen LogP contribution >= 0.6 is 0 Å². The second-order valence-electron chi connectivity index (χ2n) is 2.87. The SMILES string of the molecule is O.O.O.O.O.O.c1ccc(N=Nc2ccccc2)cc1. The minimum atomic E-state index is 0. The van der Waals surface area contributed by atoms with Gasteiger partial charge in [0, 0.05) is 0 Å². The van der Waals surface area contributed by atoms with Gasteiger partial charge in [0.15, 0.2) is 0 Å². The highest BCUT2D eigenvalue weighted by Crippen LogP contribution is 2.16. The molecule has 0 spiro atoms. The van der Waals surface area contributed by atoms with E-state index in [4.69, 9.17) is 0 Å². The van der Waals surface area contributed by atoms with Crippen LogP contribution in [0.25, 0.3) is 0 Å². The molecule has 0 saturated carbocycles. The van der Waals surface area contributed by atoms with E-state index < -0.39 is 0 Å². The summed E-state index contributed by atoms with van der Waals surface area (Å²) < 4.78 is 0. The Hall–Kier alpha value is -2.20. The van der Waals surface area contributed by atoms with Gasteiger partial charge in [-0.1, -0.05) is 36.4 Å². The Labute approximate surface area is 116 Å². The van der Waals surface area contributed by atoms with Crippen LogP contribution < -0.4 is 0 Å². The lowest BCUT2D eigenvalue weighted by atomic mass is 10.3. The first-order valence-corrected chi connectivity index (χ1v) is 4.47. The first-order chi connectivity index (χ1) is 6.95. The highest BCUT2D eigenvalue weighted by Gasteiger charge is 1.86. The highest BCUT2D eigenvalue weighted by atomic mass is 16.0. The molecular weight excluding hydrogens is 268 g/mol. The normalized spacial score (nSPS) is 7.40. The van der Waals surface area contributed by atoms with E-state index >= 15 is 0 Å². The maximum Gasteiger partial charge on any atom is 0.0857 e. The van der Waals surface area contributed by atoms with E-state index in [1.807, 2.05) is 60.7 Å². The van der Waals surface area contributed by atoms with Crippen molar-refractivity contribution in [2.24, 2.45) is 10.2 Å². The second-order valence-corrected chi connectivity index (χ2v) is 2.87. The van der Waals surface area contributed by atoms with Gasteiger partial charge in [-0.15, -0.1) is 0 Å². The van der Waals surface area contributed by atoms with E-state index in [1.54, 1.807) is 0 Å². The van der Waals surface area contributed by atoms with Crippen LogP contribution in [0.1, 0.15) is 0 Å². The molecule has 0 aliphatic heterocycles. The average Bonchev–Trinajstić information content (AvgIpc) is 2.29. The number of rotatable bonds is 2. The molecule has 0 aliphatic carbocycles. The van der Waals surface area contributed by atoms with Gasteiger partial charge in [0.05, 0.1) is 11.4 Å². The van der Waals surface area contributed by atoms with Crippen molar-refractivity contribution in [3.05, 3.63) is 60.7 Å². The van der Waals surface area contributed by atoms with Gasteiger partial charge < -0.3 is 32.9 Å². The maximum absolute atomic E-state index is 4.10. The summed E-state index contributed by atoms with van der Waals surface area (Å²) in [5.74, 6) is 0. The Balaban J connectivity index is -0.000000125. The summed E-state index contributed by atoms with van der Waals surface area (Å²) in [5, 5.41) is 8.20. The van der Waals surface area contributed by atoms with Crippen molar-refractivity contribution in [1.29, 1.82) is 0 Å². The molecule has 0 amide bonds. The fourth-order valence-electron chi connectivity index (χ4n) is 1.10. The number of azo groups is 1. The van der Waals surface area contributed by atoms with Gasteiger partial charge in [0.2, 0.25) is 0 Å². The van der Waals surface area contributed by atoms with Gasteiger partial charge in [-0.3, -0.25) is 0 Å². The molecule has 0 bridgehead atoms. The predicted octanol–water partition coefficient (Wildman–Crippen LogP) is -0.846. The van der Waals surface area contributed by atoms with Crippen LogP contribution in [0.5, 0.6) is 0 Å². The summed E-state index contributed by atoms with van der Waals surface area (Å²) in [6.45, 7) is 0. The predicted molar refractivity (Wildman–Crippen MR) is 78.7 cm³/mol. The van der Waals surface area contributed by atoms with Crippen molar-refractivity contribution in [3.63, 3.8) is 0 Å². The molecule has 20 heavy (non-hydrogen) atoms. The van der Waals surface area contributed by atoms with Crippen molar-refractivity contribution < 1.29 is 32.9 Å². The largest absolute Gasteiger partial charge is 0.412 e. The Bertz CT molecular complexity index is 383. The summed E-state index contributed by atoms with van der Waals surface area (Å²) in [6.07, 6.45) is 0. The van der Waals surface area contributed by atoms with E-state index in [0.717, 1.165) is 11.4 Å². The fourth-order valence-corrected chi connectivity index (χ4v) is 1.10. The number of hydrogen-bond acceptors (Lipinski definition) is 2. The zero-order valence-corrected chi connectivity index (χ0v) is 10.7. The lowest BCUT2D eigenvalue weighted by Gasteiger charge is -1.91. The van der Waals surface area contributed by atoms with E-state index in [1.165, 1.54) is 0 Å². The zero-order valence-electron chi connectivity index (χ0n) is 10.7. The Kier molecular flexibility index (Phi) is 25.8. The van der Waals surface area contributed by atoms with Gasteiger partial charge in [0.25, 0.3) is 0 Å². The number of hydrogen-bond donors (Lipinski definition) is 0. The minimum absolute atomic E-state index is 0. The molecule has 0 heterocycles. The maximum atomic E-state index is 4.10. The summed E-state index contributed by atoms with van der Waals surface area (Å²) in [7, 11) is 0. The van der Waals surface area contributed by atoms with E-state index in [9.17, 15) is 0 Å². The molecule has 8 heteroatoms. The molecule has 2 aromatic rings. The lowest BCUT2D eigenvalue weighted by molar-refractivity contribution is 0.823. The molecule has 0 radical (unpaired) electrons. The van der Waals surface area contributed by atoms with Crippen LogP contribution in [0.2, 0.25) is 0 Å². The quantitative estimate of drug-likeness (QED) is 0.618. The van der Waals surface area contributed by atoms with E-state index in [0.29, 0.717) is 0 Å². The molecule has 0 aliphatic rings. The first-order valence-electron chi connectivity index (χ1n) is 4.47. The van der Waals surface area contributed by atoms with Gasteiger partial charge in [-0.2, -0.15) is 10.2 Å². The van der Waals surface area contributed by atoms with Crippen LogP contribution in [-0.4, -0.2) is 32.9 Å². The summed E-state index contributed by atoms with van der Waals surface area (Å²) in [4.78, 5) is 0. The molecule has 8 nitrogen and oxygen atoms in total. The monoisotopic (exact) mass is 290 g/mol. The van der Waals surface area contributed by atoms with E-state index in [2.05, 4.69) is 10.2 Å². The first kappa shape index (κ1) is 30.7. The van der Waals surface area contributed by atoms with Crippen molar-refractivity contribution in [1.82, 2.24) is 0 Å². The lowest BCUT2D eigenvalue weighted by Crippen LogP contribution is -1.62. The van der Waals surface area contributed by atoms with Crippen molar-refractivity contribution >= 4 is 11.4 Å².